The number of hydrogen-bond donors (Lipinski definition) is 1. The quantitative estimate of drug-likeness (QED) is 0.429. The van der Waals surface area contributed by atoms with Crippen LogP contribution in [-0.2, 0) is 10.2 Å². The van der Waals surface area contributed by atoms with E-state index in [0.29, 0.717) is 31.9 Å². The molecule has 0 aromatic heterocycles. The summed E-state index contributed by atoms with van der Waals surface area (Å²) in [6.07, 6.45) is 0. The minimum absolute atomic E-state index is 0.0482. The molecule has 0 unspecified atom stereocenters. The summed E-state index contributed by atoms with van der Waals surface area (Å²) in [5, 5.41) is 2.96. The standard InChI is InChI=1S/C29H32FN3O2S/c1-29(2,3)21-8-14-24(15-9-21)36-20-27(34)31-22-10-12-23(13-11-22)32-16-18-33(19-17-32)28(35)25-6-4-5-7-26(25)30/h4-15H,16-20H2,1-3H3,(H,31,34). The summed E-state index contributed by atoms with van der Waals surface area (Å²) in [7, 11) is 0. The first kappa shape index (κ1) is 25.8. The van der Waals surface area contributed by atoms with E-state index < -0.39 is 5.82 Å². The minimum Gasteiger partial charge on any atom is -0.368 e. The van der Waals surface area contributed by atoms with Gasteiger partial charge in [-0.25, -0.2) is 4.39 Å². The topological polar surface area (TPSA) is 52.7 Å². The van der Waals surface area contributed by atoms with Crippen molar-refractivity contribution in [3.63, 3.8) is 0 Å². The number of nitrogens with zero attached hydrogens (tertiary/aromatic N) is 2. The first-order valence-corrected chi connectivity index (χ1v) is 13.1. The zero-order valence-corrected chi connectivity index (χ0v) is 21.8. The molecule has 0 atom stereocenters. The third-order valence-corrected chi connectivity index (χ3v) is 7.29. The van der Waals surface area contributed by atoms with E-state index in [0.717, 1.165) is 16.3 Å². The smallest absolute Gasteiger partial charge is 0.256 e. The average molecular weight is 506 g/mol. The van der Waals surface area contributed by atoms with E-state index in [4.69, 9.17) is 0 Å². The Balaban J connectivity index is 1.25. The molecule has 0 radical (unpaired) electrons. The summed E-state index contributed by atoms with van der Waals surface area (Å²) in [5.41, 5.74) is 3.28. The van der Waals surface area contributed by atoms with Gasteiger partial charge in [0.1, 0.15) is 5.82 Å². The molecule has 3 aromatic rings. The average Bonchev–Trinajstić information content (AvgIpc) is 2.88. The number of amides is 2. The molecule has 5 nitrogen and oxygen atoms in total. The van der Waals surface area contributed by atoms with Crippen LogP contribution in [0.25, 0.3) is 0 Å². The Bertz CT molecular complexity index is 1200. The van der Waals surface area contributed by atoms with E-state index in [1.807, 2.05) is 24.3 Å². The maximum Gasteiger partial charge on any atom is 0.256 e. The summed E-state index contributed by atoms with van der Waals surface area (Å²) in [6, 6.07) is 22.2. The van der Waals surface area contributed by atoms with Crippen LogP contribution < -0.4 is 10.2 Å². The molecule has 1 aliphatic heterocycles. The number of carbonyl (C=O) groups is 2. The predicted molar refractivity (Wildman–Crippen MR) is 145 cm³/mol. The number of nitrogens with one attached hydrogen (secondary N) is 1. The van der Waals surface area contributed by atoms with Gasteiger partial charge in [0.05, 0.1) is 11.3 Å². The third-order valence-electron chi connectivity index (χ3n) is 6.28. The van der Waals surface area contributed by atoms with Gasteiger partial charge in [-0.15, -0.1) is 11.8 Å². The molecule has 0 aliphatic carbocycles. The molecule has 1 aliphatic rings. The Kier molecular flexibility index (Phi) is 7.99. The SMILES string of the molecule is CC(C)(C)c1ccc(SCC(=O)Nc2ccc(N3CCN(C(=O)c4ccccc4F)CC3)cc2)cc1. The molecule has 4 rings (SSSR count). The van der Waals surface area contributed by atoms with Crippen molar-refractivity contribution in [1.82, 2.24) is 4.90 Å². The van der Waals surface area contributed by atoms with Crippen LogP contribution in [0.4, 0.5) is 15.8 Å². The Morgan fingerprint density at radius 1 is 0.889 bits per heavy atom. The maximum atomic E-state index is 14.0. The van der Waals surface area contributed by atoms with E-state index in [1.165, 1.54) is 29.5 Å². The van der Waals surface area contributed by atoms with Gasteiger partial charge >= 0.3 is 0 Å². The molecule has 0 spiro atoms. The number of benzene rings is 3. The van der Waals surface area contributed by atoms with Crippen LogP contribution in [0.2, 0.25) is 0 Å². The molecule has 1 N–H and O–H groups in total. The van der Waals surface area contributed by atoms with E-state index >= 15 is 0 Å². The maximum absolute atomic E-state index is 14.0. The lowest BCUT2D eigenvalue weighted by Crippen LogP contribution is -2.49. The van der Waals surface area contributed by atoms with E-state index in [-0.39, 0.29) is 22.8 Å². The molecule has 2 amide bonds. The fraction of sp³-hybridized carbons (Fsp3) is 0.310. The van der Waals surface area contributed by atoms with Crippen LogP contribution in [0.5, 0.6) is 0 Å². The summed E-state index contributed by atoms with van der Waals surface area (Å²) >= 11 is 1.52. The number of thioether (sulfide) groups is 1. The van der Waals surface area contributed by atoms with Crippen LogP contribution in [-0.4, -0.2) is 48.6 Å². The van der Waals surface area contributed by atoms with Gasteiger partial charge in [0.25, 0.3) is 5.91 Å². The Morgan fingerprint density at radius 3 is 2.14 bits per heavy atom. The summed E-state index contributed by atoms with van der Waals surface area (Å²) < 4.78 is 14.0. The van der Waals surface area contributed by atoms with Crippen LogP contribution in [0.15, 0.2) is 77.7 Å². The van der Waals surface area contributed by atoms with Crippen molar-refractivity contribution in [3.05, 3.63) is 89.7 Å². The van der Waals surface area contributed by atoms with Gasteiger partial charge < -0.3 is 15.1 Å². The van der Waals surface area contributed by atoms with Gasteiger partial charge in [0.2, 0.25) is 5.91 Å². The van der Waals surface area contributed by atoms with E-state index in [1.54, 1.807) is 17.0 Å². The lowest BCUT2D eigenvalue weighted by Gasteiger charge is -2.36. The molecule has 1 fully saturated rings. The lowest BCUT2D eigenvalue weighted by atomic mass is 9.87. The molecule has 1 saturated heterocycles. The van der Waals surface area contributed by atoms with E-state index in [9.17, 15) is 14.0 Å². The van der Waals surface area contributed by atoms with Crippen molar-refractivity contribution in [2.24, 2.45) is 0 Å². The van der Waals surface area contributed by atoms with Crippen molar-refractivity contribution in [2.45, 2.75) is 31.1 Å². The highest BCUT2D eigenvalue weighted by Gasteiger charge is 2.24. The zero-order valence-electron chi connectivity index (χ0n) is 21.0. The molecular formula is C29H32FN3O2S. The van der Waals surface area contributed by atoms with Crippen molar-refractivity contribution >= 4 is 35.0 Å². The third kappa shape index (κ3) is 6.46. The highest BCUT2D eigenvalue weighted by atomic mass is 32.2. The van der Waals surface area contributed by atoms with Crippen molar-refractivity contribution in [2.75, 3.05) is 42.1 Å². The normalized spacial score (nSPS) is 14.0. The van der Waals surface area contributed by atoms with Gasteiger partial charge in [0, 0.05) is 42.4 Å². The lowest BCUT2D eigenvalue weighted by molar-refractivity contribution is -0.113. The van der Waals surface area contributed by atoms with Crippen LogP contribution >= 0.6 is 11.8 Å². The highest BCUT2D eigenvalue weighted by molar-refractivity contribution is 8.00. The zero-order chi connectivity index (χ0) is 25.7. The van der Waals surface area contributed by atoms with Crippen molar-refractivity contribution in [3.8, 4) is 0 Å². The molecule has 1 heterocycles. The Labute approximate surface area is 216 Å². The highest BCUT2D eigenvalue weighted by Crippen LogP contribution is 2.26. The molecule has 36 heavy (non-hydrogen) atoms. The van der Waals surface area contributed by atoms with Crippen molar-refractivity contribution < 1.29 is 14.0 Å². The van der Waals surface area contributed by atoms with E-state index in [2.05, 4.69) is 55.3 Å². The molecule has 3 aromatic carbocycles. The second-order valence-electron chi connectivity index (χ2n) is 9.92. The Morgan fingerprint density at radius 2 is 1.53 bits per heavy atom. The van der Waals surface area contributed by atoms with Gasteiger partial charge in [-0.05, 0) is 59.5 Å². The molecular weight excluding hydrogens is 473 g/mol. The second kappa shape index (κ2) is 11.2. The molecule has 0 bridgehead atoms. The minimum atomic E-state index is -0.487. The number of halogens is 1. The monoisotopic (exact) mass is 505 g/mol. The van der Waals surface area contributed by atoms with Gasteiger partial charge in [-0.1, -0.05) is 45.0 Å². The van der Waals surface area contributed by atoms with Gasteiger partial charge in [-0.2, -0.15) is 0 Å². The fourth-order valence-corrected chi connectivity index (χ4v) is 4.82. The largest absolute Gasteiger partial charge is 0.368 e. The summed E-state index contributed by atoms with van der Waals surface area (Å²) in [6.45, 7) is 8.93. The molecule has 188 valence electrons. The number of rotatable bonds is 6. The Hall–Kier alpha value is -3.32. The second-order valence-corrected chi connectivity index (χ2v) is 11.0. The van der Waals surface area contributed by atoms with Crippen molar-refractivity contribution in [1.29, 1.82) is 0 Å². The number of anilines is 2. The predicted octanol–water partition coefficient (Wildman–Crippen LogP) is 5.82. The van der Waals surface area contributed by atoms with Crippen LogP contribution in [0.3, 0.4) is 0 Å². The number of hydrogen-bond acceptors (Lipinski definition) is 4. The van der Waals surface area contributed by atoms with Crippen LogP contribution in [0, 0.1) is 5.82 Å². The number of piperazine rings is 1. The molecule has 7 heteroatoms. The fourth-order valence-electron chi connectivity index (χ4n) is 4.13. The van der Waals surface area contributed by atoms with Crippen LogP contribution in [0.1, 0.15) is 36.7 Å². The number of carbonyl (C=O) groups excluding carboxylic acids is 2. The molecule has 0 saturated carbocycles. The van der Waals surface area contributed by atoms with Gasteiger partial charge in [-0.3, -0.25) is 9.59 Å². The summed E-state index contributed by atoms with van der Waals surface area (Å²) in [4.78, 5) is 30.0. The first-order valence-electron chi connectivity index (χ1n) is 12.1. The van der Waals surface area contributed by atoms with Gasteiger partial charge in [0.15, 0.2) is 0 Å². The first-order chi connectivity index (χ1) is 17.2. The summed E-state index contributed by atoms with van der Waals surface area (Å²) in [5.74, 6) is -0.463.